The SMILES string of the molecule is CC(C)(C)CCCCCC(=O)N1N2CCN1N2C(=O)CCCCCC(C)(C)C. The van der Waals surface area contributed by atoms with Gasteiger partial charge in [0.15, 0.2) is 0 Å². The summed E-state index contributed by atoms with van der Waals surface area (Å²) in [7, 11) is 0. The molecule has 3 fully saturated rings. The van der Waals surface area contributed by atoms with E-state index in [9.17, 15) is 9.59 Å². The third-order valence-corrected chi connectivity index (χ3v) is 5.46. The van der Waals surface area contributed by atoms with Crippen molar-refractivity contribution >= 4 is 11.8 Å². The van der Waals surface area contributed by atoms with Gasteiger partial charge in [0.05, 0.1) is 13.1 Å². The molecule has 0 radical (unpaired) electrons. The predicted molar refractivity (Wildman–Crippen MR) is 112 cm³/mol. The Balaban J connectivity index is 1.63. The highest BCUT2D eigenvalue weighted by atomic mass is 16.4. The molecule has 3 saturated heterocycles. The topological polar surface area (TPSA) is 47.1 Å². The van der Waals surface area contributed by atoms with Gasteiger partial charge in [0.1, 0.15) is 0 Å². The Morgan fingerprint density at radius 1 is 0.607 bits per heavy atom. The Morgan fingerprint density at radius 3 is 1.29 bits per heavy atom. The number of rotatable bonds is 10. The van der Waals surface area contributed by atoms with Crippen molar-refractivity contribution in [3.05, 3.63) is 0 Å². The highest BCUT2D eigenvalue weighted by Gasteiger charge is 2.54. The van der Waals surface area contributed by atoms with Gasteiger partial charge >= 0.3 is 0 Å². The number of carbonyl (C=O) groups excluding carboxylic acids is 2. The molecular weight excluding hydrogens is 352 g/mol. The van der Waals surface area contributed by atoms with Gasteiger partial charge in [0.25, 0.3) is 11.8 Å². The summed E-state index contributed by atoms with van der Waals surface area (Å²) in [5.41, 5.74) is 0.733. The van der Waals surface area contributed by atoms with E-state index in [2.05, 4.69) is 41.5 Å². The van der Waals surface area contributed by atoms with Gasteiger partial charge in [-0.1, -0.05) is 77.5 Å². The lowest BCUT2D eigenvalue weighted by atomic mass is 9.89. The molecule has 2 bridgehead atoms. The molecule has 2 amide bonds. The van der Waals surface area contributed by atoms with Crippen molar-refractivity contribution < 1.29 is 9.59 Å². The molecule has 0 aromatic rings. The normalized spacial score (nSPS) is 21.8. The van der Waals surface area contributed by atoms with Gasteiger partial charge < -0.3 is 0 Å². The van der Waals surface area contributed by atoms with Gasteiger partial charge in [-0.15, -0.1) is 0 Å². The second-order valence-corrected chi connectivity index (χ2v) is 10.8. The lowest BCUT2D eigenvalue weighted by molar-refractivity contribution is -0.411. The van der Waals surface area contributed by atoms with E-state index in [0.29, 0.717) is 23.7 Å². The first-order chi connectivity index (χ1) is 13.0. The van der Waals surface area contributed by atoms with Crippen LogP contribution in [0.15, 0.2) is 0 Å². The van der Waals surface area contributed by atoms with Crippen LogP contribution in [0, 0.1) is 10.8 Å². The van der Waals surface area contributed by atoms with E-state index in [4.69, 9.17) is 0 Å². The summed E-state index contributed by atoms with van der Waals surface area (Å²) >= 11 is 0. The van der Waals surface area contributed by atoms with E-state index >= 15 is 0 Å². The average molecular weight is 395 g/mol. The van der Waals surface area contributed by atoms with Crippen molar-refractivity contribution in [2.24, 2.45) is 10.8 Å². The molecule has 0 aliphatic carbocycles. The van der Waals surface area contributed by atoms with Crippen LogP contribution in [0.25, 0.3) is 0 Å². The lowest BCUT2D eigenvalue weighted by Crippen LogP contribution is -2.73. The molecule has 6 heteroatoms. The van der Waals surface area contributed by atoms with Crippen LogP contribution in [-0.2, 0) is 9.59 Å². The minimum atomic E-state index is 0.113. The minimum absolute atomic E-state index is 0.113. The van der Waals surface area contributed by atoms with Gasteiger partial charge in [0, 0.05) is 12.8 Å². The number of hydrogen-bond acceptors (Lipinski definition) is 4. The number of carbonyl (C=O) groups is 2. The fraction of sp³-hybridized carbons (Fsp3) is 0.909. The second-order valence-electron chi connectivity index (χ2n) is 10.8. The molecule has 0 atom stereocenters. The first-order valence-electron chi connectivity index (χ1n) is 11.2. The lowest BCUT2D eigenvalue weighted by Gasteiger charge is -2.51. The maximum absolute atomic E-state index is 12.5. The zero-order valence-electron chi connectivity index (χ0n) is 19.1. The van der Waals surface area contributed by atoms with Crippen LogP contribution in [-0.4, -0.2) is 45.4 Å². The van der Waals surface area contributed by atoms with Gasteiger partial charge in [-0.25, -0.2) is 0 Å². The smallest absolute Gasteiger partial charge is 0.254 e. The van der Waals surface area contributed by atoms with Gasteiger partial charge in [0.2, 0.25) is 0 Å². The Hall–Kier alpha value is -1.14. The summed E-state index contributed by atoms with van der Waals surface area (Å²) in [4.78, 5) is 25.0. The Kier molecular flexibility index (Phi) is 7.91. The predicted octanol–water partition coefficient (Wildman–Crippen LogP) is 4.93. The molecule has 0 saturated carbocycles. The van der Waals surface area contributed by atoms with Crippen LogP contribution >= 0.6 is 0 Å². The van der Waals surface area contributed by atoms with Crippen LogP contribution in [0.5, 0.6) is 0 Å². The summed E-state index contributed by atoms with van der Waals surface area (Å²) in [5.74, 6) is 0.227. The van der Waals surface area contributed by atoms with Crippen molar-refractivity contribution in [1.82, 2.24) is 20.5 Å². The number of fused-ring (bicyclic) bond motifs is 1. The molecule has 162 valence electrons. The van der Waals surface area contributed by atoms with Crippen molar-refractivity contribution in [3.63, 3.8) is 0 Å². The van der Waals surface area contributed by atoms with E-state index < -0.39 is 0 Å². The van der Waals surface area contributed by atoms with Crippen LogP contribution in [0.1, 0.15) is 106 Å². The van der Waals surface area contributed by atoms with Crippen LogP contribution < -0.4 is 0 Å². The Bertz CT molecular complexity index is 480. The summed E-state index contributed by atoms with van der Waals surface area (Å²) in [6.07, 6.45) is 9.89. The van der Waals surface area contributed by atoms with Crippen molar-refractivity contribution in [2.75, 3.05) is 13.1 Å². The fourth-order valence-corrected chi connectivity index (χ4v) is 3.86. The summed E-state index contributed by atoms with van der Waals surface area (Å²) < 4.78 is 0. The zero-order chi connectivity index (χ0) is 20.9. The van der Waals surface area contributed by atoms with E-state index in [1.165, 1.54) is 25.7 Å². The Morgan fingerprint density at radius 2 is 0.964 bits per heavy atom. The summed E-state index contributed by atoms with van der Waals surface area (Å²) in [6.45, 7) is 15.0. The second kappa shape index (κ2) is 9.57. The van der Waals surface area contributed by atoms with Crippen molar-refractivity contribution in [3.8, 4) is 0 Å². The van der Waals surface area contributed by atoms with Crippen LogP contribution in [0.3, 0.4) is 0 Å². The van der Waals surface area contributed by atoms with E-state index in [1.54, 1.807) is 10.2 Å². The first kappa shape index (κ1) is 23.1. The minimum Gasteiger partial charge on any atom is -0.272 e. The van der Waals surface area contributed by atoms with Crippen LogP contribution in [0.2, 0.25) is 0 Å². The maximum Gasteiger partial charge on any atom is 0.254 e. The molecule has 0 unspecified atom stereocenters. The third kappa shape index (κ3) is 6.73. The van der Waals surface area contributed by atoms with Crippen LogP contribution in [0.4, 0.5) is 0 Å². The van der Waals surface area contributed by atoms with Gasteiger partial charge in [-0.2, -0.15) is 10.2 Å². The molecular formula is C22H42N4O2. The summed E-state index contributed by atoms with van der Waals surface area (Å²) in [6, 6.07) is 0. The Labute approximate surface area is 172 Å². The summed E-state index contributed by atoms with van der Waals surface area (Å²) in [5, 5.41) is 6.96. The molecule has 0 aromatic heterocycles. The fourth-order valence-electron chi connectivity index (χ4n) is 3.86. The van der Waals surface area contributed by atoms with Crippen molar-refractivity contribution in [1.29, 1.82) is 0 Å². The number of amides is 2. The highest BCUT2D eigenvalue weighted by molar-refractivity contribution is 5.80. The van der Waals surface area contributed by atoms with Crippen molar-refractivity contribution in [2.45, 2.75) is 106 Å². The molecule has 3 rings (SSSR count). The first-order valence-corrected chi connectivity index (χ1v) is 11.2. The molecule has 0 N–H and O–H groups in total. The molecule has 3 aliphatic heterocycles. The quantitative estimate of drug-likeness (QED) is 0.493. The molecule has 6 nitrogen and oxygen atoms in total. The molecule has 28 heavy (non-hydrogen) atoms. The van der Waals surface area contributed by atoms with Gasteiger partial charge in [-0.05, 0) is 36.5 Å². The molecule has 0 aromatic carbocycles. The largest absolute Gasteiger partial charge is 0.272 e. The number of unbranched alkanes of at least 4 members (excludes halogenated alkanes) is 4. The van der Waals surface area contributed by atoms with Gasteiger partial charge in [-0.3, -0.25) is 9.59 Å². The average Bonchev–Trinajstić information content (AvgIpc) is 3.15. The monoisotopic (exact) mass is 394 g/mol. The molecule has 0 spiro atoms. The molecule has 3 heterocycles. The number of nitrogens with zero attached hydrogens (tertiary/aromatic N) is 4. The number of hydrogen-bond donors (Lipinski definition) is 0. The number of hydrazine groups is 4. The standard InChI is InChI=1S/C22H42N4O2/c1-21(2,3)15-11-7-9-13-19(27)25-23-17-18-24(25)26(23)20(28)14-10-8-12-16-22(4,5)6/h7-18H2,1-6H3. The van der Waals surface area contributed by atoms with E-state index in [-0.39, 0.29) is 11.8 Å². The third-order valence-electron chi connectivity index (χ3n) is 5.46. The highest BCUT2D eigenvalue weighted by Crippen LogP contribution is 2.32. The van der Waals surface area contributed by atoms with E-state index in [1.807, 2.05) is 10.2 Å². The molecule has 3 aliphatic rings. The van der Waals surface area contributed by atoms with E-state index in [0.717, 1.165) is 38.8 Å². The maximum atomic E-state index is 12.5. The zero-order valence-corrected chi connectivity index (χ0v) is 19.1.